The van der Waals surface area contributed by atoms with Crippen molar-refractivity contribution in [3.05, 3.63) is 48.0 Å². The van der Waals surface area contributed by atoms with Crippen molar-refractivity contribution in [1.29, 1.82) is 0 Å². The fourth-order valence-corrected chi connectivity index (χ4v) is 5.33. The molecule has 0 spiro atoms. The highest BCUT2D eigenvalue weighted by Gasteiger charge is 2.33. The lowest BCUT2D eigenvalue weighted by atomic mass is 9.98. The molecule has 1 amide bonds. The second kappa shape index (κ2) is 10.2. The smallest absolute Gasteiger partial charge is 0.243 e. The number of benzene rings is 2. The molecule has 0 bridgehead atoms. The van der Waals surface area contributed by atoms with Crippen LogP contribution in [-0.4, -0.2) is 53.0 Å². The number of carbonyl (C=O) groups is 1. The first-order valence-corrected chi connectivity index (χ1v) is 11.9. The molecule has 1 heterocycles. The summed E-state index contributed by atoms with van der Waals surface area (Å²) >= 11 is 0. The van der Waals surface area contributed by atoms with Gasteiger partial charge in [0.2, 0.25) is 15.9 Å². The Hall–Kier alpha value is -2.78. The molecule has 9 heteroatoms. The maximum absolute atomic E-state index is 13.1. The number of rotatable bonds is 8. The van der Waals surface area contributed by atoms with Gasteiger partial charge < -0.3 is 19.5 Å². The van der Waals surface area contributed by atoms with Crippen molar-refractivity contribution in [1.82, 2.24) is 9.62 Å². The first-order chi connectivity index (χ1) is 15.3. The topological polar surface area (TPSA) is 94.2 Å². The van der Waals surface area contributed by atoms with Gasteiger partial charge in [-0.2, -0.15) is 4.31 Å². The van der Waals surface area contributed by atoms with Crippen molar-refractivity contribution in [2.24, 2.45) is 5.92 Å². The van der Waals surface area contributed by atoms with Crippen molar-refractivity contribution < 1.29 is 27.4 Å². The molecule has 3 rings (SSSR count). The molecule has 2 atom stereocenters. The standard InChI is InChI=1S/C23H30N2O6S/c1-16(17-7-12-21(30-3)22(14-17)31-4)24-23(26)18-6-5-13-25(15-18)32(27,28)20-10-8-19(29-2)9-11-20/h7-12,14,16,18H,5-6,13,15H2,1-4H3,(H,24,26)/t16-,18-/m0/s1. The van der Waals surface area contributed by atoms with Crippen LogP contribution in [0.4, 0.5) is 0 Å². The molecule has 1 aliphatic heterocycles. The minimum absolute atomic E-state index is 0.152. The summed E-state index contributed by atoms with van der Waals surface area (Å²) in [6.07, 6.45) is 1.26. The molecule has 1 aliphatic rings. The summed E-state index contributed by atoms with van der Waals surface area (Å²) in [4.78, 5) is 13.1. The summed E-state index contributed by atoms with van der Waals surface area (Å²) in [5.41, 5.74) is 0.870. The zero-order valence-electron chi connectivity index (χ0n) is 18.8. The van der Waals surface area contributed by atoms with E-state index in [1.807, 2.05) is 19.1 Å². The van der Waals surface area contributed by atoms with Crippen LogP contribution in [0.3, 0.4) is 0 Å². The Labute approximate surface area is 189 Å². The second-order valence-electron chi connectivity index (χ2n) is 7.72. The Morgan fingerprint density at radius 2 is 1.72 bits per heavy atom. The van der Waals surface area contributed by atoms with E-state index in [9.17, 15) is 13.2 Å². The molecule has 0 saturated carbocycles. The Balaban J connectivity index is 1.68. The number of hydrogen-bond acceptors (Lipinski definition) is 6. The Morgan fingerprint density at radius 1 is 1.03 bits per heavy atom. The SMILES string of the molecule is COc1ccc(S(=O)(=O)N2CCC[C@H](C(=O)N[C@@H](C)c3ccc(OC)c(OC)c3)C2)cc1. The van der Waals surface area contributed by atoms with Gasteiger partial charge in [0.25, 0.3) is 0 Å². The van der Waals surface area contributed by atoms with Gasteiger partial charge >= 0.3 is 0 Å². The summed E-state index contributed by atoms with van der Waals surface area (Å²) < 4.78 is 43.2. The van der Waals surface area contributed by atoms with Crippen LogP contribution in [0.2, 0.25) is 0 Å². The molecule has 2 aromatic rings. The Morgan fingerprint density at radius 3 is 2.34 bits per heavy atom. The maximum Gasteiger partial charge on any atom is 0.243 e. The highest BCUT2D eigenvalue weighted by Crippen LogP contribution is 2.30. The van der Waals surface area contributed by atoms with Gasteiger partial charge in [-0.1, -0.05) is 6.07 Å². The van der Waals surface area contributed by atoms with E-state index in [1.54, 1.807) is 32.4 Å². The van der Waals surface area contributed by atoms with E-state index >= 15 is 0 Å². The number of carbonyl (C=O) groups excluding carboxylic acids is 1. The van der Waals surface area contributed by atoms with Gasteiger partial charge in [-0.15, -0.1) is 0 Å². The molecule has 2 aromatic carbocycles. The molecule has 0 aliphatic carbocycles. The number of methoxy groups -OCH3 is 3. The van der Waals surface area contributed by atoms with Crippen LogP contribution in [0.25, 0.3) is 0 Å². The summed E-state index contributed by atoms with van der Waals surface area (Å²) in [7, 11) is 0.972. The highest BCUT2D eigenvalue weighted by molar-refractivity contribution is 7.89. The molecule has 8 nitrogen and oxygen atoms in total. The van der Waals surface area contributed by atoms with Gasteiger partial charge in [0.15, 0.2) is 11.5 Å². The third-order valence-electron chi connectivity index (χ3n) is 5.72. The van der Waals surface area contributed by atoms with Gasteiger partial charge in [-0.25, -0.2) is 8.42 Å². The van der Waals surface area contributed by atoms with Crippen LogP contribution in [0.5, 0.6) is 17.2 Å². The van der Waals surface area contributed by atoms with E-state index in [-0.39, 0.29) is 23.4 Å². The van der Waals surface area contributed by atoms with Crippen LogP contribution < -0.4 is 19.5 Å². The predicted octanol–water partition coefficient (Wildman–Crippen LogP) is 2.99. The summed E-state index contributed by atoms with van der Waals surface area (Å²) in [5.74, 6) is 1.20. The molecular formula is C23H30N2O6S. The zero-order chi connectivity index (χ0) is 23.3. The molecule has 1 saturated heterocycles. The van der Waals surface area contributed by atoms with E-state index in [0.717, 1.165) is 5.56 Å². The van der Waals surface area contributed by atoms with Crippen LogP contribution in [0.15, 0.2) is 47.4 Å². The third kappa shape index (κ3) is 5.16. The molecule has 0 unspecified atom stereocenters. The molecule has 0 radical (unpaired) electrons. The first kappa shape index (κ1) is 23.9. The van der Waals surface area contributed by atoms with Gasteiger partial charge in [-0.3, -0.25) is 4.79 Å². The monoisotopic (exact) mass is 462 g/mol. The maximum atomic E-state index is 13.1. The zero-order valence-corrected chi connectivity index (χ0v) is 19.6. The van der Waals surface area contributed by atoms with E-state index < -0.39 is 15.9 Å². The number of ether oxygens (including phenoxy) is 3. The Kier molecular flexibility index (Phi) is 7.63. The first-order valence-electron chi connectivity index (χ1n) is 10.5. The van der Waals surface area contributed by atoms with Crippen LogP contribution in [0.1, 0.15) is 31.4 Å². The molecule has 1 N–H and O–H groups in total. The largest absolute Gasteiger partial charge is 0.497 e. The van der Waals surface area contributed by atoms with Crippen LogP contribution in [-0.2, 0) is 14.8 Å². The summed E-state index contributed by atoms with van der Waals surface area (Å²) in [6.45, 7) is 2.43. The number of nitrogens with zero attached hydrogens (tertiary/aromatic N) is 1. The van der Waals surface area contributed by atoms with Crippen molar-refractivity contribution in [3.63, 3.8) is 0 Å². The van der Waals surface area contributed by atoms with Gasteiger partial charge in [0, 0.05) is 13.1 Å². The van der Waals surface area contributed by atoms with E-state index in [0.29, 0.717) is 36.6 Å². The van der Waals surface area contributed by atoms with Crippen molar-refractivity contribution in [2.45, 2.75) is 30.7 Å². The number of piperidine rings is 1. The van der Waals surface area contributed by atoms with E-state index in [1.165, 1.54) is 23.5 Å². The molecule has 174 valence electrons. The lowest BCUT2D eigenvalue weighted by molar-refractivity contribution is -0.126. The quantitative estimate of drug-likeness (QED) is 0.648. The number of hydrogen-bond donors (Lipinski definition) is 1. The fourth-order valence-electron chi connectivity index (χ4n) is 3.81. The van der Waals surface area contributed by atoms with Crippen molar-refractivity contribution >= 4 is 15.9 Å². The van der Waals surface area contributed by atoms with Crippen LogP contribution in [0, 0.1) is 5.92 Å². The second-order valence-corrected chi connectivity index (χ2v) is 9.66. The number of nitrogens with one attached hydrogen (secondary N) is 1. The van der Waals surface area contributed by atoms with Gasteiger partial charge in [0.1, 0.15) is 5.75 Å². The Bertz CT molecular complexity index is 1040. The average molecular weight is 463 g/mol. The van der Waals surface area contributed by atoms with Crippen LogP contribution >= 0.6 is 0 Å². The van der Waals surface area contributed by atoms with Crippen molar-refractivity contribution in [2.75, 3.05) is 34.4 Å². The van der Waals surface area contributed by atoms with E-state index in [2.05, 4.69) is 5.32 Å². The normalized spacial score (nSPS) is 17.9. The number of sulfonamides is 1. The molecule has 0 aromatic heterocycles. The third-order valence-corrected chi connectivity index (χ3v) is 7.60. The fraction of sp³-hybridized carbons (Fsp3) is 0.435. The van der Waals surface area contributed by atoms with Gasteiger partial charge in [0.05, 0.1) is 38.2 Å². The molecule has 32 heavy (non-hydrogen) atoms. The average Bonchev–Trinajstić information content (AvgIpc) is 2.83. The molecular weight excluding hydrogens is 432 g/mol. The lowest BCUT2D eigenvalue weighted by Gasteiger charge is -2.32. The van der Waals surface area contributed by atoms with E-state index in [4.69, 9.17) is 14.2 Å². The highest BCUT2D eigenvalue weighted by atomic mass is 32.2. The van der Waals surface area contributed by atoms with Gasteiger partial charge in [-0.05, 0) is 61.7 Å². The minimum Gasteiger partial charge on any atom is -0.497 e. The molecule has 1 fully saturated rings. The lowest BCUT2D eigenvalue weighted by Crippen LogP contribution is -2.45. The summed E-state index contributed by atoms with van der Waals surface area (Å²) in [6, 6.07) is 11.5. The summed E-state index contributed by atoms with van der Waals surface area (Å²) in [5, 5.41) is 3.01. The number of amides is 1. The minimum atomic E-state index is -3.68. The van der Waals surface area contributed by atoms with Crippen molar-refractivity contribution in [3.8, 4) is 17.2 Å². The predicted molar refractivity (Wildman–Crippen MR) is 121 cm³/mol.